The molecule has 0 spiro atoms. The molecule has 1 rings (SSSR count). The number of hydrogen-bond donors (Lipinski definition) is 2. The lowest BCUT2D eigenvalue weighted by Gasteiger charge is -2.13. The third-order valence-corrected chi connectivity index (χ3v) is 1.46. The van der Waals surface area contributed by atoms with E-state index in [1.807, 2.05) is 27.9 Å². The molecule has 1 aromatic heterocycles. The van der Waals surface area contributed by atoms with Crippen LogP contribution in [0.2, 0.25) is 0 Å². The quantitative estimate of drug-likeness (QED) is 0.725. The highest BCUT2D eigenvalue weighted by Crippen LogP contribution is 2.09. The van der Waals surface area contributed by atoms with Crippen molar-refractivity contribution in [1.82, 2.24) is 15.0 Å². The van der Waals surface area contributed by atoms with Crippen LogP contribution in [0.1, 0.15) is 13.8 Å². The first kappa shape index (κ1) is 10.5. The third-order valence-electron chi connectivity index (χ3n) is 1.46. The maximum atomic E-state index is 5.54. The van der Waals surface area contributed by atoms with Crippen LogP contribution in [0.5, 0.6) is 0 Å². The first-order chi connectivity index (χ1) is 6.49. The van der Waals surface area contributed by atoms with Crippen molar-refractivity contribution in [1.29, 1.82) is 0 Å². The minimum atomic E-state index is 0.229. The predicted molar refractivity (Wildman–Crippen MR) is 57.3 cm³/mol. The van der Waals surface area contributed by atoms with E-state index in [4.69, 9.17) is 5.73 Å². The fourth-order valence-electron chi connectivity index (χ4n) is 0.903. The van der Waals surface area contributed by atoms with E-state index in [9.17, 15) is 0 Å². The summed E-state index contributed by atoms with van der Waals surface area (Å²) in [6, 6.07) is 0.270. The van der Waals surface area contributed by atoms with Crippen molar-refractivity contribution in [2.45, 2.75) is 19.9 Å². The highest BCUT2D eigenvalue weighted by Gasteiger charge is 2.06. The van der Waals surface area contributed by atoms with Gasteiger partial charge < -0.3 is 16.0 Å². The molecule has 0 aliphatic rings. The van der Waals surface area contributed by atoms with Gasteiger partial charge in [0.05, 0.1) is 0 Å². The average Bonchev–Trinajstić information content (AvgIpc) is 2.01. The molecular formula is C8H16N6. The molecule has 6 heteroatoms. The van der Waals surface area contributed by atoms with E-state index in [2.05, 4.69) is 20.3 Å². The van der Waals surface area contributed by atoms with Crippen molar-refractivity contribution in [2.24, 2.45) is 0 Å². The van der Waals surface area contributed by atoms with E-state index in [0.29, 0.717) is 11.9 Å². The van der Waals surface area contributed by atoms with Crippen molar-refractivity contribution >= 4 is 17.8 Å². The lowest BCUT2D eigenvalue weighted by molar-refractivity contribution is 0.862. The maximum Gasteiger partial charge on any atom is 0.231 e. The van der Waals surface area contributed by atoms with Gasteiger partial charge in [0.1, 0.15) is 0 Å². The normalized spacial score (nSPS) is 10.4. The Balaban J connectivity index is 2.95. The number of hydrogen-bond acceptors (Lipinski definition) is 6. The van der Waals surface area contributed by atoms with Crippen LogP contribution >= 0.6 is 0 Å². The zero-order chi connectivity index (χ0) is 10.7. The van der Waals surface area contributed by atoms with Gasteiger partial charge in [-0.25, -0.2) is 0 Å². The summed E-state index contributed by atoms with van der Waals surface area (Å²) in [5.74, 6) is 1.30. The minimum absolute atomic E-state index is 0.229. The fourth-order valence-corrected chi connectivity index (χ4v) is 0.903. The molecule has 3 N–H and O–H groups in total. The Morgan fingerprint density at radius 1 is 1.21 bits per heavy atom. The molecule has 1 aromatic rings. The first-order valence-corrected chi connectivity index (χ1v) is 4.44. The second kappa shape index (κ2) is 4.08. The molecule has 0 fully saturated rings. The second-order valence-corrected chi connectivity index (χ2v) is 3.51. The summed E-state index contributed by atoms with van der Waals surface area (Å²) in [6.07, 6.45) is 0. The number of anilines is 3. The number of aromatic nitrogens is 3. The van der Waals surface area contributed by atoms with Gasteiger partial charge in [0, 0.05) is 20.1 Å². The van der Waals surface area contributed by atoms with E-state index in [1.54, 1.807) is 4.90 Å². The SMILES string of the molecule is CC(C)Nc1nc(N)nc(N(C)C)n1. The van der Waals surface area contributed by atoms with Crippen LogP contribution in [-0.4, -0.2) is 35.1 Å². The van der Waals surface area contributed by atoms with Crippen LogP contribution in [0, 0.1) is 0 Å². The number of nitrogens with zero attached hydrogens (tertiary/aromatic N) is 4. The van der Waals surface area contributed by atoms with Crippen molar-refractivity contribution < 1.29 is 0 Å². The molecule has 78 valence electrons. The number of nitrogens with two attached hydrogens (primary N) is 1. The largest absolute Gasteiger partial charge is 0.368 e. The summed E-state index contributed by atoms with van der Waals surface area (Å²) in [6.45, 7) is 4.02. The molecule has 0 atom stereocenters. The van der Waals surface area contributed by atoms with Crippen molar-refractivity contribution in [3.05, 3.63) is 0 Å². The molecule has 0 bridgehead atoms. The van der Waals surface area contributed by atoms with Gasteiger partial charge in [-0.2, -0.15) is 15.0 Å². The Morgan fingerprint density at radius 3 is 2.36 bits per heavy atom. The van der Waals surface area contributed by atoms with Crippen molar-refractivity contribution in [3.8, 4) is 0 Å². The van der Waals surface area contributed by atoms with Crippen LogP contribution in [0.3, 0.4) is 0 Å². The zero-order valence-electron chi connectivity index (χ0n) is 8.94. The number of rotatable bonds is 3. The summed E-state index contributed by atoms with van der Waals surface area (Å²) < 4.78 is 0. The number of nitrogen functional groups attached to an aromatic ring is 1. The van der Waals surface area contributed by atoms with Gasteiger partial charge in [0.15, 0.2) is 0 Å². The van der Waals surface area contributed by atoms with Gasteiger partial charge in [-0.3, -0.25) is 0 Å². The topological polar surface area (TPSA) is 80.0 Å². The van der Waals surface area contributed by atoms with Crippen molar-refractivity contribution in [3.63, 3.8) is 0 Å². The molecule has 6 nitrogen and oxygen atoms in total. The monoisotopic (exact) mass is 196 g/mol. The number of nitrogens with one attached hydrogen (secondary N) is 1. The second-order valence-electron chi connectivity index (χ2n) is 3.51. The van der Waals surface area contributed by atoms with Gasteiger partial charge in [0.25, 0.3) is 0 Å². The Hall–Kier alpha value is -1.59. The highest BCUT2D eigenvalue weighted by atomic mass is 15.3. The molecular weight excluding hydrogens is 180 g/mol. The molecule has 0 saturated heterocycles. The van der Waals surface area contributed by atoms with Crippen LogP contribution < -0.4 is 16.0 Å². The average molecular weight is 196 g/mol. The van der Waals surface area contributed by atoms with Crippen LogP contribution in [0.25, 0.3) is 0 Å². The van der Waals surface area contributed by atoms with Crippen LogP contribution in [0.4, 0.5) is 17.8 Å². The van der Waals surface area contributed by atoms with Gasteiger partial charge in [-0.05, 0) is 13.8 Å². The molecule has 0 radical (unpaired) electrons. The molecule has 0 aliphatic carbocycles. The van der Waals surface area contributed by atoms with E-state index in [0.717, 1.165) is 0 Å². The molecule has 0 saturated carbocycles. The standard InChI is InChI=1S/C8H16N6/c1-5(2)10-7-11-6(9)12-8(13-7)14(3)4/h5H,1-4H3,(H3,9,10,11,12,13). The smallest absolute Gasteiger partial charge is 0.231 e. The minimum Gasteiger partial charge on any atom is -0.368 e. The maximum absolute atomic E-state index is 5.54. The summed E-state index contributed by atoms with van der Waals surface area (Å²) in [7, 11) is 3.71. The fraction of sp³-hybridized carbons (Fsp3) is 0.625. The summed E-state index contributed by atoms with van der Waals surface area (Å²) in [4.78, 5) is 13.9. The Kier molecular flexibility index (Phi) is 3.06. The van der Waals surface area contributed by atoms with Crippen LogP contribution in [-0.2, 0) is 0 Å². The molecule has 1 heterocycles. The molecule has 0 aliphatic heterocycles. The first-order valence-electron chi connectivity index (χ1n) is 4.44. The lowest BCUT2D eigenvalue weighted by Crippen LogP contribution is -2.18. The summed E-state index contributed by atoms with van der Waals surface area (Å²) >= 11 is 0. The van der Waals surface area contributed by atoms with E-state index in [1.165, 1.54) is 0 Å². The highest BCUT2D eigenvalue weighted by molar-refractivity contribution is 5.40. The van der Waals surface area contributed by atoms with Crippen molar-refractivity contribution in [2.75, 3.05) is 30.0 Å². The van der Waals surface area contributed by atoms with Crippen LogP contribution in [0.15, 0.2) is 0 Å². The molecule has 14 heavy (non-hydrogen) atoms. The van der Waals surface area contributed by atoms with E-state index >= 15 is 0 Å². The van der Waals surface area contributed by atoms with Gasteiger partial charge in [-0.1, -0.05) is 0 Å². The Labute approximate surface area is 83.6 Å². The van der Waals surface area contributed by atoms with Gasteiger partial charge in [0.2, 0.25) is 17.8 Å². The zero-order valence-corrected chi connectivity index (χ0v) is 8.94. The van der Waals surface area contributed by atoms with Gasteiger partial charge >= 0.3 is 0 Å². The summed E-state index contributed by atoms with van der Waals surface area (Å²) in [5, 5.41) is 3.07. The molecule has 0 aromatic carbocycles. The van der Waals surface area contributed by atoms with E-state index in [-0.39, 0.29) is 12.0 Å². The summed E-state index contributed by atoms with van der Waals surface area (Å²) in [5.41, 5.74) is 5.54. The molecule has 0 unspecified atom stereocenters. The Morgan fingerprint density at radius 2 is 1.86 bits per heavy atom. The Bertz CT molecular complexity index is 309. The van der Waals surface area contributed by atoms with Gasteiger partial charge in [-0.15, -0.1) is 0 Å². The molecule has 0 amide bonds. The lowest BCUT2D eigenvalue weighted by atomic mass is 10.4. The predicted octanol–water partition coefficient (Wildman–Crippen LogP) is 0.340. The third kappa shape index (κ3) is 2.72. The van der Waals surface area contributed by atoms with E-state index < -0.39 is 0 Å².